The van der Waals surface area contributed by atoms with E-state index in [4.69, 9.17) is 9.63 Å². The number of aliphatic hydroxyl groups excluding tert-OH is 1. The fraction of sp³-hybridized carbons (Fsp3) is 0.273. The zero-order valence-electron chi connectivity index (χ0n) is 8.47. The van der Waals surface area contributed by atoms with Crippen LogP contribution in [0.3, 0.4) is 0 Å². The third-order valence-electron chi connectivity index (χ3n) is 2.23. The first kappa shape index (κ1) is 9.86. The molecular formula is C11H12N2O2. The Bertz CT molecular complexity index is 451. The third kappa shape index (κ3) is 2.05. The summed E-state index contributed by atoms with van der Waals surface area (Å²) in [5.41, 5.74) is 2.84. The lowest BCUT2D eigenvalue weighted by atomic mass is 10.1. The number of aromatic nitrogens is 2. The fourth-order valence-corrected chi connectivity index (χ4v) is 1.40. The Balaban J connectivity index is 2.33. The summed E-state index contributed by atoms with van der Waals surface area (Å²) in [5.74, 6) is 0.691. The van der Waals surface area contributed by atoms with Crippen LogP contribution in [0.2, 0.25) is 0 Å². The molecular weight excluding hydrogens is 192 g/mol. The van der Waals surface area contributed by atoms with E-state index < -0.39 is 0 Å². The minimum absolute atomic E-state index is 0.0701. The number of rotatable bonds is 3. The van der Waals surface area contributed by atoms with Gasteiger partial charge in [0.2, 0.25) is 0 Å². The van der Waals surface area contributed by atoms with E-state index in [-0.39, 0.29) is 6.61 Å². The fourth-order valence-electron chi connectivity index (χ4n) is 1.40. The number of pyridine rings is 1. The Kier molecular flexibility index (Phi) is 2.78. The van der Waals surface area contributed by atoms with Crippen LogP contribution >= 0.6 is 0 Å². The Labute approximate surface area is 87.6 Å². The summed E-state index contributed by atoms with van der Waals surface area (Å²) in [6.45, 7) is 2.07. The van der Waals surface area contributed by atoms with Crippen LogP contribution < -0.4 is 0 Å². The van der Waals surface area contributed by atoms with Crippen molar-refractivity contribution in [3.05, 3.63) is 35.9 Å². The van der Waals surface area contributed by atoms with E-state index in [1.165, 1.54) is 0 Å². The second-order valence-electron chi connectivity index (χ2n) is 3.34. The molecule has 4 nitrogen and oxygen atoms in total. The molecule has 0 amide bonds. The monoisotopic (exact) mass is 204 g/mol. The van der Waals surface area contributed by atoms with Crippen LogP contribution in [0.5, 0.6) is 0 Å². The molecule has 2 heterocycles. The SMILES string of the molecule is Cc1ccncc1-c1cc(CCO)on1. The molecule has 2 aromatic rings. The van der Waals surface area contributed by atoms with Gasteiger partial charge in [-0.25, -0.2) is 0 Å². The smallest absolute Gasteiger partial charge is 0.139 e. The highest BCUT2D eigenvalue weighted by Crippen LogP contribution is 2.21. The highest BCUT2D eigenvalue weighted by Gasteiger charge is 2.08. The average molecular weight is 204 g/mol. The van der Waals surface area contributed by atoms with Gasteiger partial charge < -0.3 is 9.63 Å². The number of hydrogen-bond donors (Lipinski definition) is 1. The molecule has 0 aliphatic carbocycles. The molecule has 2 rings (SSSR count). The van der Waals surface area contributed by atoms with Crippen LogP contribution in [0, 0.1) is 6.92 Å². The highest BCUT2D eigenvalue weighted by molar-refractivity contribution is 5.61. The lowest BCUT2D eigenvalue weighted by Gasteiger charge is -1.98. The molecule has 0 atom stereocenters. The normalized spacial score (nSPS) is 10.5. The van der Waals surface area contributed by atoms with Crippen LogP contribution in [-0.4, -0.2) is 21.9 Å². The van der Waals surface area contributed by atoms with Crippen LogP contribution in [0.15, 0.2) is 29.0 Å². The molecule has 0 bridgehead atoms. The van der Waals surface area contributed by atoms with Gasteiger partial charge in [-0.05, 0) is 18.6 Å². The minimum atomic E-state index is 0.0701. The molecule has 2 aromatic heterocycles. The second-order valence-corrected chi connectivity index (χ2v) is 3.34. The molecule has 0 aromatic carbocycles. The van der Waals surface area contributed by atoms with E-state index in [1.807, 2.05) is 19.1 Å². The molecule has 4 heteroatoms. The van der Waals surface area contributed by atoms with Crippen LogP contribution in [0.1, 0.15) is 11.3 Å². The second kappa shape index (κ2) is 4.23. The van der Waals surface area contributed by atoms with Crippen molar-refractivity contribution >= 4 is 0 Å². The number of aliphatic hydroxyl groups is 1. The van der Waals surface area contributed by atoms with Crippen molar-refractivity contribution < 1.29 is 9.63 Å². The molecule has 0 saturated carbocycles. The topological polar surface area (TPSA) is 59.2 Å². The van der Waals surface area contributed by atoms with Crippen molar-refractivity contribution in [1.29, 1.82) is 0 Å². The van der Waals surface area contributed by atoms with Crippen molar-refractivity contribution in [2.75, 3.05) is 6.61 Å². The molecule has 78 valence electrons. The van der Waals surface area contributed by atoms with Gasteiger partial charge in [-0.1, -0.05) is 5.16 Å². The van der Waals surface area contributed by atoms with Crippen LogP contribution in [-0.2, 0) is 6.42 Å². The zero-order chi connectivity index (χ0) is 10.7. The zero-order valence-corrected chi connectivity index (χ0v) is 8.47. The van der Waals surface area contributed by atoms with Gasteiger partial charge in [0.1, 0.15) is 11.5 Å². The summed E-state index contributed by atoms with van der Waals surface area (Å²) >= 11 is 0. The van der Waals surface area contributed by atoms with E-state index >= 15 is 0 Å². The Morgan fingerprint density at radius 3 is 3.07 bits per heavy atom. The third-order valence-corrected chi connectivity index (χ3v) is 2.23. The Morgan fingerprint density at radius 2 is 2.33 bits per heavy atom. The van der Waals surface area contributed by atoms with E-state index in [0.29, 0.717) is 12.2 Å². The van der Waals surface area contributed by atoms with Crippen LogP contribution in [0.25, 0.3) is 11.3 Å². The van der Waals surface area contributed by atoms with Crippen molar-refractivity contribution in [2.45, 2.75) is 13.3 Å². The predicted octanol–water partition coefficient (Wildman–Crippen LogP) is 1.58. The largest absolute Gasteiger partial charge is 0.396 e. The first-order valence-electron chi connectivity index (χ1n) is 4.78. The van der Waals surface area contributed by atoms with Gasteiger partial charge in [0.05, 0.1) is 6.61 Å². The maximum absolute atomic E-state index is 8.75. The summed E-state index contributed by atoms with van der Waals surface area (Å²) in [5, 5.41) is 12.7. The number of aryl methyl sites for hydroxylation is 1. The van der Waals surface area contributed by atoms with E-state index in [1.54, 1.807) is 12.4 Å². The summed E-state index contributed by atoms with van der Waals surface area (Å²) < 4.78 is 5.08. The van der Waals surface area contributed by atoms with E-state index in [9.17, 15) is 0 Å². The van der Waals surface area contributed by atoms with Gasteiger partial charge in [0, 0.05) is 30.4 Å². The summed E-state index contributed by atoms with van der Waals surface area (Å²) in [6.07, 6.45) is 4.00. The first-order chi connectivity index (χ1) is 7.31. The number of nitrogens with zero attached hydrogens (tertiary/aromatic N) is 2. The van der Waals surface area contributed by atoms with Gasteiger partial charge >= 0.3 is 0 Å². The van der Waals surface area contributed by atoms with Gasteiger partial charge in [-0.3, -0.25) is 4.98 Å². The van der Waals surface area contributed by atoms with Gasteiger partial charge in [0.15, 0.2) is 0 Å². The summed E-state index contributed by atoms with van der Waals surface area (Å²) in [7, 11) is 0. The lowest BCUT2D eigenvalue weighted by molar-refractivity contribution is 0.277. The van der Waals surface area contributed by atoms with E-state index in [0.717, 1.165) is 16.8 Å². The minimum Gasteiger partial charge on any atom is -0.396 e. The number of hydrogen-bond acceptors (Lipinski definition) is 4. The lowest BCUT2D eigenvalue weighted by Crippen LogP contribution is -1.86. The summed E-state index contributed by atoms with van der Waals surface area (Å²) in [4.78, 5) is 4.05. The van der Waals surface area contributed by atoms with Crippen molar-refractivity contribution in [3.8, 4) is 11.3 Å². The van der Waals surface area contributed by atoms with Gasteiger partial charge in [-0.2, -0.15) is 0 Å². The Hall–Kier alpha value is -1.68. The maximum atomic E-state index is 8.75. The molecule has 1 N–H and O–H groups in total. The molecule has 0 radical (unpaired) electrons. The standard InChI is InChI=1S/C11H12N2O2/c1-8-2-4-12-7-10(8)11-6-9(3-5-14)15-13-11/h2,4,6-7,14H,3,5H2,1H3. The molecule has 0 spiro atoms. The molecule has 0 fully saturated rings. The van der Waals surface area contributed by atoms with Crippen molar-refractivity contribution in [1.82, 2.24) is 10.1 Å². The van der Waals surface area contributed by atoms with Gasteiger partial charge in [0.25, 0.3) is 0 Å². The molecule has 0 aliphatic heterocycles. The van der Waals surface area contributed by atoms with Crippen LogP contribution in [0.4, 0.5) is 0 Å². The van der Waals surface area contributed by atoms with Crippen molar-refractivity contribution in [2.24, 2.45) is 0 Å². The molecule has 0 unspecified atom stereocenters. The highest BCUT2D eigenvalue weighted by atomic mass is 16.5. The quantitative estimate of drug-likeness (QED) is 0.824. The van der Waals surface area contributed by atoms with Crippen molar-refractivity contribution in [3.63, 3.8) is 0 Å². The van der Waals surface area contributed by atoms with Gasteiger partial charge in [-0.15, -0.1) is 0 Å². The molecule has 0 aliphatic rings. The first-order valence-corrected chi connectivity index (χ1v) is 4.78. The summed E-state index contributed by atoms with van der Waals surface area (Å²) in [6, 6.07) is 3.76. The molecule has 15 heavy (non-hydrogen) atoms. The maximum Gasteiger partial charge on any atom is 0.139 e. The molecule has 0 saturated heterocycles. The Morgan fingerprint density at radius 1 is 1.47 bits per heavy atom. The van der Waals surface area contributed by atoms with E-state index in [2.05, 4.69) is 10.1 Å². The predicted molar refractivity (Wildman–Crippen MR) is 55.3 cm³/mol. The average Bonchev–Trinajstić information content (AvgIpc) is 2.68.